The van der Waals surface area contributed by atoms with E-state index in [1.54, 1.807) is 42.5 Å². The smallest absolute Gasteiger partial charge is 0.272 e. The Hall–Kier alpha value is -5.14. The van der Waals surface area contributed by atoms with Gasteiger partial charge in [0.25, 0.3) is 11.8 Å². The maximum Gasteiger partial charge on any atom is 0.272 e. The Morgan fingerprint density at radius 2 is 1.45 bits per heavy atom. The molecule has 0 aromatic heterocycles. The third-order valence-electron chi connectivity index (χ3n) is 6.53. The van der Waals surface area contributed by atoms with E-state index in [-0.39, 0.29) is 23.3 Å². The summed E-state index contributed by atoms with van der Waals surface area (Å²) in [4.78, 5) is 40.0. The number of aryl methyl sites for hydroxylation is 1. The predicted octanol–water partition coefficient (Wildman–Crippen LogP) is 7.29. The van der Waals surface area contributed by atoms with Crippen LogP contribution in [0.2, 0.25) is 0 Å². The van der Waals surface area contributed by atoms with Crippen molar-refractivity contribution < 1.29 is 14.4 Å². The fourth-order valence-corrected chi connectivity index (χ4v) is 5.14. The van der Waals surface area contributed by atoms with Gasteiger partial charge in [0.05, 0.1) is 5.75 Å². The molecule has 0 aliphatic carbocycles. The molecule has 0 atom stereocenters. The van der Waals surface area contributed by atoms with E-state index in [0.717, 1.165) is 32.5 Å². The molecule has 7 heteroatoms. The van der Waals surface area contributed by atoms with Crippen molar-refractivity contribution in [2.75, 3.05) is 16.4 Å². The molecule has 0 unspecified atom stereocenters. The maximum atomic E-state index is 13.6. The molecule has 0 radical (unpaired) electrons. The lowest BCUT2D eigenvalue weighted by Crippen LogP contribution is -2.30. The van der Waals surface area contributed by atoms with Crippen molar-refractivity contribution in [3.8, 4) is 0 Å². The highest BCUT2D eigenvalue weighted by atomic mass is 32.2. The van der Waals surface area contributed by atoms with Crippen LogP contribution in [0, 0.1) is 6.92 Å². The Morgan fingerprint density at radius 1 is 0.738 bits per heavy atom. The Morgan fingerprint density at radius 3 is 2.29 bits per heavy atom. The first-order valence-electron chi connectivity index (χ1n) is 13.4. The van der Waals surface area contributed by atoms with Gasteiger partial charge in [-0.15, -0.1) is 11.8 Å². The highest BCUT2D eigenvalue weighted by Gasteiger charge is 2.16. The Bertz CT molecular complexity index is 1780. The van der Waals surface area contributed by atoms with Crippen LogP contribution in [0.15, 0.2) is 132 Å². The molecule has 0 fully saturated rings. The normalized spacial score (nSPS) is 11.1. The summed E-state index contributed by atoms with van der Waals surface area (Å²) in [6.07, 6.45) is 1.69. The highest BCUT2D eigenvalue weighted by Crippen LogP contribution is 2.24. The van der Waals surface area contributed by atoms with Gasteiger partial charge in [0.1, 0.15) is 5.70 Å². The van der Waals surface area contributed by atoms with Gasteiger partial charge < -0.3 is 16.0 Å². The molecular formula is C35H29N3O3S. The summed E-state index contributed by atoms with van der Waals surface area (Å²) in [5.41, 5.74) is 3.67. The third kappa shape index (κ3) is 7.33. The lowest BCUT2D eigenvalue weighted by Gasteiger charge is -2.13. The number of carbonyl (C=O) groups is 3. The second-order valence-electron chi connectivity index (χ2n) is 9.58. The Balaban J connectivity index is 1.34. The lowest BCUT2D eigenvalue weighted by molar-refractivity contribution is -0.114. The van der Waals surface area contributed by atoms with Crippen molar-refractivity contribution in [1.29, 1.82) is 0 Å². The quantitative estimate of drug-likeness (QED) is 0.128. The number of para-hydroxylation sites is 1. The molecule has 5 aromatic carbocycles. The van der Waals surface area contributed by atoms with Crippen LogP contribution in [-0.4, -0.2) is 23.5 Å². The van der Waals surface area contributed by atoms with Gasteiger partial charge in [0.2, 0.25) is 5.91 Å². The van der Waals surface area contributed by atoms with Gasteiger partial charge in [-0.2, -0.15) is 0 Å². The average molecular weight is 572 g/mol. The molecule has 0 bridgehead atoms. The molecule has 0 saturated heterocycles. The molecular weight excluding hydrogens is 542 g/mol. The number of carbonyl (C=O) groups excluding carboxylic acids is 3. The van der Waals surface area contributed by atoms with Crippen molar-refractivity contribution in [3.63, 3.8) is 0 Å². The zero-order valence-corrected chi connectivity index (χ0v) is 23.8. The average Bonchev–Trinajstić information content (AvgIpc) is 3.01. The molecule has 0 spiro atoms. The molecule has 3 N–H and O–H groups in total. The summed E-state index contributed by atoms with van der Waals surface area (Å²) in [5, 5.41) is 10.6. The van der Waals surface area contributed by atoms with Gasteiger partial charge in [-0.3, -0.25) is 14.4 Å². The fourth-order valence-electron chi connectivity index (χ4n) is 4.38. The summed E-state index contributed by atoms with van der Waals surface area (Å²) in [6, 6.07) is 37.3. The van der Waals surface area contributed by atoms with Crippen molar-refractivity contribution in [1.82, 2.24) is 5.32 Å². The molecule has 0 aliphatic heterocycles. The zero-order chi connectivity index (χ0) is 29.3. The lowest BCUT2D eigenvalue weighted by atomic mass is 10.0. The van der Waals surface area contributed by atoms with Crippen LogP contribution in [0.25, 0.3) is 16.8 Å². The monoisotopic (exact) mass is 571 g/mol. The highest BCUT2D eigenvalue weighted by molar-refractivity contribution is 8.00. The van der Waals surface area contributed by atoms with Crippen LogP contribution < -0.4 is 16.0 Å². The zero-order valence-electron chi connectivity index (χ0n) is 23.0. The molecule has 3 amide bonds. The molecule has 5 rings (SSSR count). The molecule has 5 aromatic rings. The number of fused-ring (bicyclic) bond motifs is 1. The number of amides is 3. The summed E-state index contributed by atoms with van der Waals surface area (Å²) < 4.78 is 0. The first-order chi connectivity index (χ1) is 20.5. The molecule has 0 aliphatic rings. The minimum absolute atomic E-state index is 0.107. The van der Waals surface area contributed by atoms with E-state index in [1.165, 1.54) is 11.8 Å². The van der Waals surface area contributed by atoms with E-state index in [4.69, 9.17) is 0 Å². The fraction of sp³-hybridized carbons (Fsp3) is 0.0571. The van der Waals surface area contributed by atoms with E-state index >= 15 is 0 Å². The number of hydrogen-bond acceptors (Lipinski definition) is 4. The number of nitrogens with one attached hydrogen (secondary N) is 3. The van der Waals surface area contributed by atoms with Crippen LogP contribution >= 0.6 is 11.8 Å². The SMILES string of the molecule is Cc1ccccc1NC(=O)CSc1cccc(NC(=O)/C(=C\c2cccc3ccccc23)NC(=O)c2ccccc2)c1. The van der Waals surface area contributed by atoms with E-state index < -0.39 is 5.91 Å². The van der Waals surface area contributed by atoms with Gasteiger partial charge in [0, 0.05) is 21.8 Å². The minimum Gasteiger partial charge on any atom is -0.325 e. The molecule has 0 heterocycles. The topological polar surface area (TPSA) is 87.3 Å². The van der Waals surface area contributed by atoms with Crippen LogP contribution in [-0.2, 0) is 9.59 Å². The first kappa shape index (κ1) is 28.4. The van der Waals surface area contributed by atoms with Gasteiger partial charge in [0.15, 0.2) is 0 Å². The van der Waals surface area contributed by atoms with Crippen LogP contribution in [0.4, 0.5) is 11.4 Å². The van der Waals surface area contributed by atoms with E-state index in [0.29, 0.717) is 11.3 Å². The van der Waals surface area contributed by atoms with Crippen molar-refractivity contribution in [2.24, 2.45) is 0 Å². The Kier molecular flexibility index (Phi) is 9.11. The predicted molar refractivity (Wildman–Crippen MR) is 171 cm³/mol. The summed E-state index contributed by atoms with van der Waals surface area (Å²) in [5.74, 6) is -0.758. The molecule has 42 heavy (non-hydrogen) atoms. The number of rotatable bonds is 9. The molecule has 6 nitrogen and oxygen atoms in total. The van der Waals surface area contributed by atoms with Crippen molar-refractivity contribution in [2.45, 2.75) is 11.8 Å². The number of anilines is 2. The van der Waals surface area contributed by atoms with Gasteiger partial charge in [-0.25, -0.2) is 0 Å². The van der Waals surface area contributed by atoms with Gasteiger partial charge in [-0.1, -0.05) is 84.9 Å². The van der Waals surface area contributed by atoms with E-state index in [2.05, 4.69) is 16.0 Å². The largest absolute Gasteiger partial charge is 0.325 e. The molecule has 0 saturated carbocycles. The number of thioether (sulfide) groups is 1. The number of hydrogen-bond donors (Lipinski definition) is 3. The number of benzene rings is 5. The van der Waals surface area contributed by atoms with Crippen LogP contribution in [0.3, 0.4) is 0 Å². The van der Waals surface area contributed by atoms with Crippen LogP contribution in [0.5, 0.6) is 0 Å². The van der Waals surface area contributed by atoms with Gasteiger partial charge >= 0.3 is 0 Å². The first-order valence-corrected chi connectivity index (χ1v) is 14.4. The van der Waals surface area contributed by atoms with Crippen molar-refractivity contribution >= 4 is 57.7 Å². The standard InChI is InChI=1S/C35H29N3O3S/c1-24-11-5-8-20-31(24)37-33(39)23-42-29-18-10-17-28(22-29)36-35(41)32(38-34(40)26-13-3-2-4-14-26)21-27-16-9-15-25-12-6-7-19-30(25)27/h2-22H,23H2,1H3,(H,36,41)(H,37,39)(H,38,40)/b32-21+. The molecule has 208 valence electrons. The van der Waals surface area contributed by atoms with Gasteiger partial charge in [-0.05, 0) is 71.3 Å². The Labute approximate surface area is 248 Å². The summed E-state index contributed by atoms with van der Waals surface area (Å²) >= 11 is 1.37. The van der Waals surface area contributed by atoms with E-state index in [1.807, 2.05) is 91.9 Å². The van der Waals surface area contributed by atoms with Crippen LogP contribution in [0.1, 0.15) is 21.5 Å². The summed E-state index contributed by atoms with van der Waals surface area (Å²) in [6.45, 7) is 1.94. The van der Waals surface area contributed by atoms with E-state index in [9.17, 15) is 14.4 Å². The minimum atomic E-state index is -0.466. The third-order valence-corrected chi connectivity index (χ3v) is 7.53. The second-order valence-corrected chi connectivity index (χ2v) is 10.6. The summed E-state index contributed by atoms with van der Waals surface area (Å²) in [7, 11) is 0. The maximum absolute atomic E-state index is 13.6. The van der Waals surface area contributed by atoms with Crippen molar-refractivity contribution in [3.05, 3.63) is 144 Å². The second kappa shape index (κ2) is 13.5.